The van der Waals surface area contributed by atoms with E-state index >= 15 is 0 Å². The van der Waals surface area contributed by atoms with E-state index in [0.29, 0.717) is 13.1 Å². The molecule has 0 saturated carbocycles. The monoisotopic (exact) mass is 414 g/mol. The van der Waals surface area contributed by atoms with Gasteiger partial charge < -0.3 is 14.5 Å². The fourth-order valence-electron chi connectivity index (χ4n) is 3.98. The summed E-state index contributed by atoms with van der Waals surface area (Å²) in [5.41, 5.74) is 3.53. The van der Waals surface area contributed by atoms with Crippen LogP contribution in [0.4, 0.5) is 0 Å². The molecule has 0 unspecified atom stereocenters. The fraction of sp³-hybridized carbons (Fsp3) is 0.478. The number of methoxy groups -OCH3 is 1. The predicted molar refractivity (Wildman–Crippen MR) is 116 cm³/mol. The molecular weight excluding hydrogens is 384 g/mol. The fourth-order valence-corrected chi connectivity index (χ4v) is 4.88. The zero-order valence-electron chi connectivity index (χ0n) is 17.7. The Kier molecular flexibility index (Phi) is 7.09. The number of rotatable bonds is 7. The first-order valence-electron chi connectivity index (χ1n) is 10.1. The van der Waals surface area contributed by atoms with Gasteiger partial charge in [0.25, 0.3) is 0 Å². The summed E-state index contributed by atoms with van der Waals surface area (Å²) in [6, 6.07) is 10.3. The molecule has 1 aliphatic rings. The third-order valence-electron chi connectivity index (χ3n) is 5.30. The third-order valence-corrected chi connectivity index (χ3v) is 6.30. The van der Waals surface area contributed by atoms with Crippen molar-refractivity contribution in [3.05, 3.63) is 57.3 Å². The van der Waals surface area contributed by atoms with Gasteiger partial charge in [-0.05, 0) is 47.4 Å². The van der Waals surface area contributed by atoms with Crippen LogP contribution in [-0.2, 0) is 20.7 Å². The number of amides is 2. The summed E-state index contributed by atoms with van der Waals surface area (Å²) in [4.78, 5) is 30.8. The quantitative estimate of drug-likeness (QED) is 0.695. The number of aryl methyl sites for hydroxylation is 1. The summed E-state index contributed by atoms with van der Waals surface area (Å²) in [7, 11) is 1.50. The summed E-state index contributed by atoms with van der Waals surface area (Å²) in [6.07, 6.45) is 0.858. The van der Waals surface area contributed by atoms with Crippen molar-refractivity contribution in [2.45, 2.75) is 33.2 Å². The predicted octanol–water partition coefficient (Wildman–Crippen LogP) is 3.66. The van der Waals surface area contributed by atoms with Crippen LogP contribution in [0.15, 0.2) is 35.7 Å². The van der Waals surface area contributed by atoms with Crippen LogP contribution in [0.3, 0.4) is 0 Å². The molecule has 0 N–H and O–H groups in total. The number of ether oxygens (including phenoxy) is 1. The molecule has 0 saturated heterocycles. The summed E-state index contributed by atoms with van der Waals surface area (Å²) in [5, 5.41) is 2.11. The molecule has 156 valence electrons. The minimum Gasteiger partial charge on any atom is -0.375 e. The lowest BCUT2D eigenvalue weighted by Crippen LogP contribution is -2.48. The van der Waals surface area contributed by atoms with Crippen LogP contribution < -0.4 is 0 Å². The van der Waals surface area contributed by atoms with E-state index in [2.05, 4.69) is 30.5 Å². The molecule has 0 fully saturated rings. The van der Waals surface area contributed by atoms with Gasteiger partial charge in [0.2, 0.25) is 11.8 Å². The molecule has 1 aromatic heterocycles. The van der Waals surface area contributed by atoms with Crippen molar-refractivity contribution in [2.24, 2.45) is 5.92 Å². The van der Waals surface area contributed by atoms with Crippen molar-refractivity contribution in [3.8, 4) is 0 Å². The summed E-state index contributed by atoms with van der Waals surface area (Å²) < 4.78 is 5.02. The Bertz CT molecular complexity index is 861. The van der Waals surface area contributed by atoms with E-state index < -0.39 is 0 Å². The van der Waals surface area contributed by atoms with Crippen LogP contribution in [0.2, 0.25) is 0 Å². The molecule has 29 heavy (non-hydrogen) atoms. The lowest BCUT2D eigenvalue weighted by Gasteiger charge is -2.38. The van der Waals surface area contributed by atoms with Crippen molar-refractivity contribution in [2.75, 3.05) is 33.4 Å². The average molecular weight is 415 g/mol. The highest BCUT2D eigenvalue weighted by Gasteiger charge is 2.34. The maximum absolute atomic E-state index is 13.4. The molecule has 6 heteroatoms. The Hall–Kier alpha value is -2.18. The Morgan fingerprint density at radius 2 is 2.00 bits per heavy atom. The number of carbonyl (C=O) groups excluding carboxylic acids is 2. The Morgan fingerprint density at radius 1 is 1.24 bits per heavy atom. The number of nitrogens with zero attached hydrogens (tertiary/aromatic N) is 2. The molecule has 0 bridgehead atoms. The zero-order chi connectivity index (χ0) is 21.0. The van der Waals surface area contributed by atoms with E-state index in [-0.39, 0.29) is 36.9 Å². The van der Waals surface area contributed by atoms with Gasteiger partial charge in [0, 0.05) is 25.1 Å². The first-order chi connectivity index (χ1) is 13.9. The number of carbonyl (C=O) groups is 2. The lowest BCUT2D eigenvalue weighted by molar-refractivity contribution is -0.144. The van der Waals surface area contributed by atoms with Crippen molar-refractivity contribution >= 4 is 23.2 Å². The molecule has 2 aromatic rings. The summed E-state index contributed by atoms with van der Waals surface area (Å²) >= 11 is 1.76. The molecule has 1 aromatic carbocycles. The van der Waals surface area contributed by atoms with Crippen LogP contribution in [0.5, 0.6) is 0 Å². The van der Waals surface area contributed by atoms with Crippen molar-refractivity contribution < 1.29 is 14.3 Å². The molecule has 3 rings (SSSR count). The molecule has 2 heterocycles. The molecule has 1 aliphatic heterocycles. The maximum atomic E-state index is 13.4. The number of fused-ring (bicyclic) bond motifs is 1. The van der Waals surface area contributed by atoms with E-state index in [1.807, 2.05) is 30.9 Å². The molecule has 0 spiro atoms. The number of hydrogen-bond donors (Lipinski definition) is 0. The first kappa shape index (κ1) is 21.5. The zero-order valence-corrected chi connectivity index (χ0v) is 18.5. The topological polar surface area (TPSA) is 49.9 Å². The highest BCUT2D eigenvalue weighted by molar-refractivity contribution is 7.10. The van der Waals surface area contributed by atoms with E-state index in [1.165, 1.54) is 23.1 Å². The molecule has 1 atom stereocenters. The smallest absolute Gasteiger partial charge is 0.249 e. The van der Waals surface area contributed by atoms with Crippen LogP contribution >= 0.6 is 11.3 Å². The number of thiophene rings is 1. The molecule has 2 amide bonds. The van der Waals surface area contributed by atoms with Crippen LogP contribution in [0, 0.1) is 12.8 Å². The lowest BCUT2D eigenvalue weighted by atomic mass is 9.90. The van der Waals surface area contributed by atoms with Gasteiger partial charge in [-0.25, -0.2) is 0 Å². The number of hydrogen-bond acceptors (Lipinski definition) is 4. The van der Waals surface area contributed by atoms with Crippen molar-refractivity contribution in [3.63, 3.8) is 0 Å². The molecule has 0 aliphatic carbocycles. The minimum absolute atomic E-state index is 0.00407. The Balaban J connectivity index is 1.90. The Morgan fingerprint density at radius 3 is 2.69 bits per heavy atom. The second kappa shape index (κ2) is 9.55. The second-order valence-electron chi connectivity index (χ2n) is 8.00. The SMILES string of the molecule is COCC(=O)N(CC(=O)N1CCc2sccc2[C@H]1c1ccccc1C)CC(C)C. The number of benzene rings is 1. The van der Waals surface area contributed by atoms with E-state index in [9.17, 15) is 9.59 Å². The first-order valence-corrected chi connectivity index (χ1v) is 11.0. The van der Waals surface area contributed by atoms with Crippen molar-refractivity contribution in [1.29, 1.82) is 0 Å². The van der Waals surface area contributed by atoms with Crippen LogP contribution in [0.1, 0.15) is 41.5 Å². The largest absolute Gasteiger partial charge is 0.375 e. The summed E-state index contributed by atoms with van der Waals surface area (Å²) in [6.45, 7) is 7.47. The molecule has 5 nitrogen and oxygen atoms in total. The standard InChI is InChI=1S/C23H30N2O3S/c1-16(2)13-24(22(27)15-28-4)14-21(26)25-11-9-20-19(10-12-29-20)23(25)18-8-6-5-7-17(18)3/h5-8,10,12,16,23H,9,11,13-15H2,1-4H3/t23-/m1/s1. The third kappa shape index (κ3) is 4.87. The highest BCUT2D eigenvalue weighted by atomic mass is 32.1. The van der Waals surface area contributed by atoms with Crippen LogP contribution in [0.25, 0.3) is 0 Å². The highest BCUT2D eigenvalue weighted by Crippen LogP contribution is 2.38. The van der Waals surface area contributed by atoms with Gasteiger partial charge in [0.15, 0.2) is 0 Å². The van der Waals surface area contributed by atoms with Gasteiger partial charge >= 0.3 is 0 Å². The van der Waals surface area contributed by atoms with Crippen molar-refractivity contribution in [1.82, 2.24) is 9.80 Å². The molecule has 0 radical (unpaired) electrons. The normalized spacial score (nSPS) is 16.0. The molecular formula is C23H30N2O3S. The maximum Gasteiger partial charge on any atom is 0.249 e. The van der Waals surface area contributed by atoms with Gasteiger partial charge in [-0.3, -0.25) is 9.59 Å². The average Bonchev–Trinajstić information content (AvgIpc) is 3.16. The van der Waals surface area contributed by atoms with Gasteiger partial charge in [-0.15, -0.1) is 11.3 Å². The van der Waals surface area contributed by atoms with E-state index in [1.54, 1.807) is 16.2 Å². The summed E-state index contributed by atoms with van der Waals surface area (Å²) in [5.74, 6) is 0.121. The van der Waals surface area contributed by atoms with E-state index in [4.69, 9.17) is 4.74 Å². The Labute approximate surface area is 177 Å². The van der Waals surface area contributed by atoms with Gasteiger partial charge in [0.1, 0.15) is 6.61 Å². The van der Waals surface area contributed by atoms with Crippen LogP contribution in [-0.4, -0.2) is 55.0 Å². The second-order valence-corrected chi connectivity index (χ2v) is 9.00. The van der Waals surface area contributed by atoms with Gasteiger partial charge in [-0.2, -0.15) is 0 Å². The minimum atomic E-state index is -0.143. The van der Waals surface area contributed by atoms with Gasteiger partial charge in [0.05, 0.1) is 12.6 Å². The van der Waals surface area contributed by atoms with Gasteiger partial charge in [-0.1, -0.05) is 38.1 Å². The van der Waals surface area contributed by atoms with E-state index in [0.717, 1.165) is 12.0 Å².